The van der Waals surface area contributed by atoms with Crippen LogP contribution in [0.25, 0.3) is 11.1 Å². The van der Waals surface area contributed by atoms with Crippen molar-refractivity contribution in [2.75, 3.05) is 13.1 Å². The Labute approximate surface area is 132 Å². The lowest BCUT2D eigenvalue weighted by molar-refractivity contribution is 0.221. The Kier molecular flexibility index (Phi) is 4.62. The summed E-state index contributed by atoms with van der Waals surface area (Å²) < 4.78 is 0. The maximum atomic E-state index is 6.57. The number of piperidine rings is 1. The zero-order chi connectivity index (χ0) is 14.7. The number of benzene rings is 2. The molecule has 2 aromatic rings. The smallest absolute Gasteiger partial charge is 0.0490 e. The summed E-state index contributed by atoms with van der Waals surface area (Å²) in [6.45, 7) is 5.55. The van der Waals surface area contributed by atoms with Crippen LogP contribution in [0.4, 0.5) is 0 Å². The molecular formula is C19H22ClN. The minimum absolute atomic E-state index is 0.869. The third-order valence-electron chi connectivity index (χ3n) is 4.22. The minimum atomic E-state index is 0.869. The molecule has 1 fully saturated rings. The molecule has 1 heterocycles. The van der Waals surface area contributed by atoms with Crippen molar-refractivity contribution in [1.82, 2.24) is 4.90 Å². The molecule has 0 atom stereocenters. The molecule has 0 spiro atoms. The molecule has 3 rings (SSSR count). The predicted octanol–water partition coefficient (Wildman–Crippen LogP) is 5.30. The number of nitrogens with zero attached hydrogens (tertiary/aromatic N) is 1. The fourth-order valence-corrected chi connectivity index (χ4v) is 3.63. The molecule has 0 unspecified atom stereocenters. The monoisotopic (exact) mass is 299 g/mol. The lowest BCUT2D eigenvalue weighted by Crippen LogP contribution is -2.29. The van der Waals surface area contributed by atoms with E-state index in [-0.39, 0.29) is 0 Å². The van der Waals surface area contributed by atoms with Gasteiger partial charge in [0.25, 0.3) is 0 Å². The Morgan fingerprint density at radius 3 is 2.43 bits per heavy atom. The third-order valence-corrected chi connectivity index (χ3v) is 4.52. The second-order valence-corrected chi connectivity index (χ2v) is 6.39. The quantitative estimate of drug-likeness (QED) is 0.743. The topological polar surface area (TPSA) is 3.24 Å². The summed E-state index contributed by atoms with van der Waals surface area (Å²) in [6, 6.07) is 14.9. The van der Waals surface area contributed by atoms with Gasteiger partial charge in [-0.15, -0.1) is 0 Å². The van der Waals surface area contributed by atoms with Crippen LogP contribution in [0.3, 0.4) is 0 Å². The molecule has 0 saturated carbocycles. The number of likely N-dealkylation sites (tertiary alicyclic amines) is 1. The second kappa shape index (κ2) is 6.64. The predicted molar refractivity (Wildman–Crippen MR) is 90.8 cm³/mol. The maximum absolute atomic E-state index is 6.57. The molecule has 21 heavy (non-hydrogen) atoms. The van der Waals surface area contributed by atoms with Crippen molar-refractivity contribution in [3.63, 3.8) is 0 Å². The summed E-state index contributed by atoms with van der Waals surface area (Å²) in [5.41, 5.74) is 5.02. The molecule has 0 radical (unpaired) electrons. The number of hydrogen-bond donors (Lipinski definition) is 0. The lowest BCUT2D eigenvalue weighted by atomic mass is 9.96. The first kappa shape index (κ1) is 14.6. The van der Waals surface area contributed by atoms with Crippen molar-refractivity contribution in [3.8, 4) is 11.1 Å². The normalized spacial score (nSPS) is 16.1. The van der Waals surface area contributed by atoms with E-state index in [0.717, 1.165) is 11.6 Å². The van der Waals surface area contributed by atoms with Crippen molar-refractivity contribution < 1.29 is 0 Å². The summed E-state index contributed by atoms with van der Waals surface area (Å²) in [6.07, 6.45) is 4.01. The first-order valence-electron chi connectivity index (χ1n) is 7.81. The van der Waals surface area contributed by atoms with Crippen LogP contribution in [0.2, 0.25) is 5.02 Å². The van der Waals surface area contributed by atoms with Crippen molar-refractivity contribution in [1.29, 1.82) is 0 Å². The van der Waals surface area contributed by atoms with Crippen LogP contribution < -0.4 is 0 Å². The van der Waals surface area contributed by atoms with Crippen LogP contribution >= 0.6 is 11.6 Å². The number of halogens is 1. The van der Waals surface area contributed by atoms with E-state index >= 15 is 0 Å². The van der Waals surface area contributed by atoms with Gasteiger partial charge in [-0.2, -0.15) is 0 Å². The Hall–Kier alpha value is -1.31. The lowest BCUT2D eigenvalue weighted by Gasteiger charge is -2.27. The molecular weight excluding hydrogens is 278 g/mol. The van der Waals surface area contributed by atoms with E-state index in [2.05, 4.69) is 54.3 Å². The summed E-state index contributed by atoms with van der Waals surface area (Å²) in [5.74, 6) is 0. The maximum Gasteiger partial charge on any atom is 0.0490 e. The standard InChI is InChI=1S/C19H22ClN/c1-15-12-17(14-21-10-6-3-7-11-21)19(18(20)13-15)16-8-4-2-5-9-16/h2,4-5,8-9,12-13H,3,6-7,10-11,14H2,1H3. The molecule has 0 N–H and O–H groups in total. The summed E-state index contributed by atoms with van der Waals surface area (Å²) in [5, 5.41) is 0.869. The highest BCUT2D eigenvalue weighted by molar-refractivity contribution is 6.33. The highest BCUT2D eigenvalue weighted by Gasteiger charge is 2.15. The van der Waals surface area contributed by atoms with Crippen LogP contribution in [0.1, 0.15) is 30.4 Å². The number of rotatable bonds is 3. The molecule has 0 aliphatic carbocycles. The summed E-state index contributed by atoms with van der Waals surface area (Å²) >= 11 is 6.57. The Morgan fingerprint density at radius 1 is 1.00 bits per heavy atom. The molecule has 1 aliphatic heterocycles. The van der Waals surface area contributed by atoms with Crippen molar-refractivity contribution in [2.45, 2.75) is 32.7 Å². The molecule has 1 nitrogen and oxygen atoms in total. The second-order valence-electron chi connectivity index (χ2n) is 5.98. The van der Waals surface area contributed by atoms with E-state index in [1.807, 2.05) is 0 Å². The highest BCUT2D eigenvalue weighted by atomic mass is 35.5. The summed E-state index contributed by atoms with van der Waals surface area (Å²) in [4.78, 5) is 2.56. The van der Waals surface area contributed by atoms with Gasteiger partial charge in [-0.3, -0.25) is 4.90 Å². The van der Waals surface area contributed by atoms with E-state index in [9.17, 15) is 0 Å². The van der Waals surface area contributed by atoms with Gasteiger partial charge in [0, 0.05) is 17.1 Å². The van der Waals surface area contributed by atoms with E-state index < -0.39 is 0 Å². The van der Waals surface area contributed by atoms with Gasteiger partial charge >= 0.3 is 0 Å². The van der Waals surface area contributed by atoms with E-state index in [4.69, 9.17) is 11.6 Å². The van der Waals surface area contributed by atoms with Gasteiger partial charge in [0.1, 0.15) is 0 Å². The first-order chi connectivity index (χ1) is 10.2. The summed E-state index contributed by atoms with van der Waals surface area (Å²) in [7, 11) is 0. The van der Waals surface area contributed by atoms with Gasteiger partial charge in [-0.25, -0.2) is 0 Å². The van der Waals surface area contributed by atoms with Gasteiger partial charge in [0.2, 0.25) is 0 Å². The minimum Gasteiger partial charge on any atom is -0.299 e. The molecule has 1 aliphatic rings. The zero-order valence-corrected chi connectivity index (χ0v) is 13.4. The van der Waals surface area contributed by atoms with Crippen LogP contribution in [0, 0.1) is 6.92 Å². The molecule has 110 valence electrons. The van der Waals surface area contributed by atoms with Gasteiger partial charge in [-0.1, -0.05) is 54.4 Å². The van der Waals surface area contributed by atoms with Crippen molar-refractivity contribution >= 4 is 11.6 Å². The van der Waals surface area contributed by atoms with E-state index in [0.29, 0.717) is 0 Å². The Morgan fingerprint density at radius 2 is 1.71 bits per heavy atom. The van der Waals surface area contributed by atoms with Crippen LogP contribution in [0.15, 0.2) is 42.5 Å². The fourth-order valence-electron chi connectivity index (χ4n) is 3.23. The van der Waals surface area contributed by atoms with Crippen LogP contribution in [0.5, 0.6) is 0 Å². The molecule has 2 aromatic carbocycles. The van der Waals surface area contributed by atoms with Gasteiger partial charge < -0.3 is 0 Å². The van der Waals surface area contributed by atoms with Gasteiger partial charge in [-0.05, 0) is 55.6 Å². The highest BCUT2D eigenvalue weighted by Crippen LogP contribution is 2.33. The molecule has 0 aromatic heterocycles. The molecule has 2 heteroatoms. The number of hydrogen-bond acceptors (Lipinski definition) is 1. The third kappa shape index (κ3) is 3.48. The average molecular weight is 300 g/mol. The fraction of sp³-hybridized carbons (Fsp3) is 0.368. The van der Waals surface area contributed by atoms with Crippen molar-refractivity contribution in [2.24, 2.45) is 0 Å². The van der Waals surface area contributed by atoms with Crippen molar-refractivity contribution in [3.05, 3.63) is 58.6 Å². The average Bonchev–Trinajstić information content (AvgIpc) is 2.48. The van der Waals surface area contributed by atoms with E-state index in [1.165, 1.54) is 54.6 Å². The first-order valence-corrected chi connectivity index (χ1v) is 8.18. The van der Waals surface area contributed by atoms with Gasteiger partial charge in [0.05, 0.1) is 0 Å². The molecule has 1 saturated heterocycles. The SMILES string of the molecule is Cc1cc(Cl)c(-c2ccccc2)c(CN2CCCCC2)c1. The Bertz CT molecular complexity index is 600. The largest absolute Gasteiger partial charge is 0.299 e. The zero-order valence-electron chi connectivity index (χ0n) is 12.6. The van der Waals surface area contributed by atoms with Gasteiger partial charge in [0.15, 0.2) is 0 Å². The molecule has 0 amide bonds. The van der Waals surface area contributed by atoms with Crippen LogP contribution in [-0.2, 0) is 6.54 Å². The van der Waals surface area contributed by atoms with E-state index in [1.54, 1.807) is 0 Å². The van der Waals surface area contributed by atoms with Crippen LogP contribution in [-0.4, -0.2) is 18.0 Å². The molecule has 0 bridgehead atoms. The number of aryl methyl sites for hydroxylation is 1. The Balaban J connectivity index is 1.97.